The number of hydrogen-bond acceptors (Lipinski definition) is 2. The highest BCUT2D eigenvalue weighted by molar-refractivity contribution is 8.22. The van der Waals surface area contributed by atoms with Gasteiger partial charge in [0, 0.05) is 34.1 Å². The molecule has 96 valence electrons. The Morgan fingerprint density at radius 3 is 2.61 bits per heavy atom. The van der Waals surface area contributed by atoms with Crippen LogP contribution >= 0.6 is 23.5 Å². The zero-order valence-electron chi connectivity index (χ0n) is 11.1. The summed E-state index contributed by atoms with van der Waals surface area (Å²) in [4.78, 5) is 3.54. The normalized spacial score (nSPS) is 22.3. The quantitative estimate of drug-likeness (QED) is 0.912. The van der Waals surface area contributed by atoms with Gasteiger partial charge in [0.1, 0.15) is 0 Å². The van der Waals surface area contributed by atoms with Gasteiger partial charge in [0.2, 0.25) is 5.69 Å². The average molecular weight is 278 g/mol. The predicted octanol–water partition coefficient (Wildman–Crippen LogP) is 3.21. The summed E-state index contributed by atoms with van der Waals surface area (Å²) in [6.45, 7) is 4.61. The predicted molar refractivity (Wildman–Crippen MR) is 84.5 cm³/mol. The van der Waals surface area contributed by atoms with Crippen LogP contribution in [0.25, 0.3) is 0 Å². The number of benzene rings is 1. The summed E-state index contributed by atoms with van der Waals surface area (Å²) in [7, 11) is 0. The molecule has 2 rings (SSSR count). The molecule has 0 aromatic heterocycles. The van der Waals surface area contributed by atoms with Gasteiger partial charge in [-0.25, -0.2) is 4.99 Å². The Balaban J connectivity index is 2.24. The Morgan fingerprint density at radius 1 is 1.28 bits per heavy atom. The van der Waals surface area contributed by atoms with Crippen molar-refractivity contribution in [1.82, 2.24) is 0 Å². The third-order valence-electron chi connectivity index (χ3n) is 3.00. The summed E-state index contributed by atoms with van der Waals surface area (Å²) < 4.78 is 1.42. The molecule has 0 fully saturated rings. The number of thioether (sulfide) groups is 2. The zero-order chi connectivity index (χ0) is 13.0. The highest BCUT2D eigenvalue weighted by Crippen LogP contribution is 2.38. The van der Waals surface area contributed by atoms with Gasteiger partial charge in [0.25, 0.3) is 0 Å². The van der Waals surface area contributed by atoms with Gasteiger partial charge in [-0.1, -0.05) is 32.0 Å². The Kier molecular flexibility index (Phi) is 4.95. The van der Waals surface area contributed by atoms with E-state index in [-0.39, 0.29) is 0 Å². The van der Waals surface area contributed by atoms with Gasteiger partial charge >= 0.3 is 0 Å². The van der Waals surface area contributed by atoms with Crippen molar-refractivity contribution in [1.29, 1.82) is 0 Å². The molecule has 1 aliphatic rings. The molecule has 1 aliphatic heterocycles. The molecule has 1 N–H and O–H groups in total. The maximum Gasteiger partial charge on any atom is 0.203 e. The van der Waals surface area contributed by atoms with Crippen molar-refractivity contribution >= 4 is 34.9 Å². The Hall–Kier alpha value is -0.670. The van der Waals surface area contributed by atoms with Crippen LogP contribution in [0.15, 0.2) is 40.6 Å². The fourth-order valence-corrected chi connectivity index (χ4v) is 3.98. The van der Waals surface area contributed by atoms with Gasteiger partial charge in [-0.05, 0) is 12.2 Å². The lowest BCUT2D eigenvalue weighted by molar-refractivity contribution is -0.354. The first-order valence-electron chi connectivity index (χ1n) is 6.29. The maximum absolute atomic E-state index is 3.54. The van der Waals surface area contributed by atoms with Crippen LogP contribution < -0.4 is 4.99 Å². The minimum Gasteiger partial charge on any atom is -0.209 e. The lowest BCUT2D eigenvalue weighted by Crippen LogP contribution is -2.66. The van der Waals surface area contributed by atoms with E-state index in [0.717, 1.165) is 6.42 Å². The van der Waals surface area contributed by atoms with Crippen LogP contribution in [0.3, 0.4) is 0 Å². The molecular weight excluding hydrogens is 258 g/mol. The van der Waals surface area contributed by atoms with Gasteiger partial charge in [-0.3, -0.25) is 0 Å². The van der Waals surface area contributed by atoms with Gasteiger partial charge < -0.3 is 0 Å². The molecule has 0 radical (unpaired) electrons. The minimum atomic E-state index is 0.684. The van der Waals surface area contributed by atoms with E-state index in [1.165, 1.54) is 15.6 Å². The molecule has 1 heterocycles. The van der Waals surface area contributed by atoms with Gasteiger partial charge in [-0.2, -0.15) is 0 Å². The Labute approximate surface area is 118 Å². The molecule has 0 saturated carbocycles. The second-order valence-electron chi connectivity index (χ2n) is 4.79. The molecule has 1 unspecified atom stereocenters. The topological polar surface area (TPSA) is 14.0 Å². The fourth-order valence-electron chi connectivity index (χ4n) is 1.92. The van der Waals surface area contributed by atoms with E-state index in [1.807, 2.05) is 29.6 Å². The van der Waals surface area contributed by atoms with Crippen molar-refractivity contribution in [2.24, 2.45) is 5.92 Å². The second kappa shape index (κ2) is 6.48. The molecule has 1 aromatic rings. The van der Waals surface area contributed by atoms with E-state index >= 15 is 0 Å². The van der Waals surface area contributed by atoms with E-state index < -0.39 is 0 Å². The molecular formula is C15H20NS2+. The van der Waals surface area contributed by atoms with Crippen molar-refractivity contribution in [3.63, 3.8) is 0 Å². The van der Waals surface area contributed by atoms with Crippen molar-refractivity contribution in [3.8, 4) is 0 Å². The van der Waals surface area contributed by atoms with E-state index in [4.69, 9.17) is 0 Å². The highest BCUT2D eigenvalue weighted by Gasteiger charge is 2.25. The fraction of sp³-hybridized carbons (Fsp3) is 0.400. The minimum absolute atomic E-state index is 0.684. The summed E-state index contributed by atoms with van der Waals surface area (Å²) in [5.41, 5.74) is 2.52. The van der Waals surface area contributed by atoms with Crippen LogP contribution in [0.4, 0.5) is 5.69 Å². The molecule has 18 heavy (non-hydrogen) atoms. The maximum atomic E-state index is 3.54. The first-order chi connectivity index (χ1) is 8.69. The zero-order valence-corrected chi connectivity index (χ0v) is 12.8. The molecule has 3 heteroatoms. The number of nitrogens with one attached hydrogen (secondary N) is 1. The Morgan fingerprint density at radius 2 is 2.00 bits per heavy atom. The lowest BCUT2D eigenvalue weighted by atomic mass is 10.0. The van der Waals surface area contributed by atoms with Crippen molar-refractivity contribution in [2.45, 2.75) is 25.5 Å². The van der Waals surface area contributed by atoms with Gasteiger partial charge in [0.15, 0.2) is 5.71 Å². The molecule has 0 spiro atoms. The number of para-hydroxylation sites is 1. The van der Waals surface area contributed by atoms with E-state index in [1.54, 1.807) is 0 Å². The molecule has 1 nitrogen and oxygen atoms in total. The summed E-state index contributed by atoms with van der Waals surface area (Å²) in [5, 5.41) is 0.684. The number of allylic oxidation sites excluding steroid dienone is 1. The molecule has 1 aromatic carbocycles. The molecule has 1 atom stereocenters. The largest absolute Gasteiger partial charge is 0.209 e. The van der Waals surface area contributed by atoms with E-state index in [2.05, 4.69) is 55.4 Å². The summed E-state index contributed by atoms with van der Waals surface area (Å²) in [6, 6.07) is 10.4. The average Bonchev–Trinajstić information content (AvgIpc) is 2.39. The highest BCUT2D eigenvalue weighted by atomic mass is 32.2. The third-order valence-corrected chi connectivity index (χ3v) is 5.68. The van der Waals surface area contributed by atoms with Crippen LogP contribution in [-0.4, -0.2) is 17.2 Å². The van der Waals surface area contributed by atoms with Crippen molar-refractivity contribution in [3.05, 3.63) is 40.6 Å². The summed E-state index contributed by atoms with van der Waals surface area (Å²) >= 11 is 3.86. The van der Waals surface area contributed by atoms with Crippen molar-refractivity contribution < 1.29 is 4.99 Å². The van der Waals surface area contributed by atoms with Crippen molar-refractivity contribution in [2.75, 3.05) is 6.26 Å². The second-order valence-corrected chi connectivity index (χ2v) is 7.18. The molecule has 0 saturated heterocycles. The number of rotatable bonds is 3. The first-order valence-corrected chi connectivity index (χ1v) is 8.39. The SMILES string of the molecule is CSC1=CC(=[NH+]c2ccccc2)CC(C(C)C)S1. The van der Waals surface area contributed by atoms with Crippen LogP contribution in [0.5, 0.6) is 0 Å². The van der Waals surface area contributed by atoms with E-state index in [0.29, 0.717) is 11.2 Å². The molecule has 0 bridgehead atoms. The van der Waals surface area contributed by atoms with Crippen LogP contribution in [0, 0.1) is 5.92 Å². The number of hydrogen-bond donors (Lipinski definition) is 1. The standard InChI is InChI=1S/C15H19NS2/c1-11(2)14-9-13(10-15(17-3)18-14)16-12-7-5-4-6-8-12/h4-8,10-11,14H,9H2,1-3H3/p+1. The lowest BCUT2D eigenvalue weighted by Gasteiger charge is -2.23. The third kappa shape index (κ3) is 3.66. The van der Waals surface area contributed by atoms with Gasteiger partial charge in [-0.15, -0.1) is 23.5 Å². The first kappa shape index (κ1) is 13.8. The molecule has 0 aliphatic carbocycles. The smallest absolute Gasteiger partial charge is 0.203 e. The van der Waals surface area contributed by atoms with Crippen LogP contribution in [0.2, 0.25) is 0 Å². The van der Waals surface area contributed by atoms with Crippen LogP contribution in [-0.2, 0) is 0 Å². The van der Waals surface area contributed by atoms with Gasteiger partial charge in [0.05, 0.1) is 0 Å². The van der Waals surface area contributed by atoms with Crippen LogP contribution in [0.1, 0.15) is 20.3 Å². The summed E-state index contributed by atoms with van der Waals surface area (Å²) in [5.74, 6) is 0.707. The Bertz CT molecular complexity index is 449. The van der Waals surface area contributed by atoms with E-state index in [9.17, 15) is 0 Å². The summed E-state index contributed by atoms with van der Waals surface area (Å²) in [6.07, 6.45) is 5.57. The molecule has 0 amide bonds. The monoisotopic (exact) mass is 278 g/mol.